The number of aromatic nitrogens is 1. The molecular formula is C15H15BrN2O. The lowest BCUT2D eigenvalue weighted by Crippen LogP contribution is -2.15. The molecule has 2 rings (SSSR count). The highest BCUT2D eigenvalue weighted by molar-refractivity contribution is 9.10. The van der Waals surface area contributed by atoms with E-state index in [1.54, 1.807) is 12.3 Å². The third-order valence-corrected chi connectivity index (χ3v) is 4.13. The van der Waals surface area contributed by atoms with Gasteiger partial charge in [0.1, 0.15) is 5.82 Å². The highest BCUT2D eigenvalue weighted by Gasteiger charge is 2.14. The van der Waals surface area contributed by atoms with Crippen LogP contribution in [-0.4, -0.2) is 10.9 Å². The van der Waals surface area contributed by atoms with E-state index in [0.717, 1.165) is 21.2 Å². The van der Waals surface area contributed by atoms with E-state index in [2.05, 4.69) is 26.2 Å². The Morgan fingerprint density at radius 2 is 1.89 bits per heavy atom. The fourth-order valence-electron chi connectivity index (χ4n) is 1.86. The van der Waals surface area contributed by atoms with E-state index in [1.165, 1.54) is 0 Å². The lowest BCUT2D eigenvalue weighted by Gasteiger charge is -2.13. The number of benzene rings is 1. The zero-order valence-corrected chi connectivity index (χ0v) is 12.7. The normalized spacial score (nSPS) is 10.3. The number of hydrogen-bond acceptors (Lipinski definition) is 2. The van der Waals surface area contributed by atoms with Crippen LogP contribution in [0.25, 0.3) is 0 Å². The molecule has 1 heterocycles. The number of pyridine rings is 1. The van der Waals surface area contributed by atoms with E-state index in [9.17, 15) is 4.79 Å². The van der Waals surface area contributed by atoms with Crippen molar-refractivity contribution in [2.45, 2.75) is 20.8 Å². The van der Waals surface area contributed by atoms with Gasteiger partial charge in [-0.1, -0.05) is 22.0 Å². The van der Waals surface area contributed by atoms with Gasteiger partial charge in [0, 0.05) is 16.2 Å². The van der Waals surface area contributed by atoms with Gasteiger partial charge in [-0.25, -0.2) is 4.98 Å². The van der Waals surface area contributed by atoms with E-state index in [1.807, 2.05) is 39.0 Å². The average Bonchev–Trinajstić information content (AvgIpc) is 2.41. The summed E-state index contributed by atoms with van der Waals surface area (Å²) in [5.41, 5.74) is 3.95. The minimum absolute atomic E-state index is 0.139. The number of halogens is 1. The van der Waals surface area contributed by atoms with Crippen LogP contribution in [0.15, 0.2) is 34.9 Å². The Morgan fingerprint density at radius 3 is 2.53 bits per heavy atom. The fraction of sp³-hybridized carbons (Fsp3) is 0.200. The monoisotopic (exact) mass is 318 g/mol. The van der Waals surface area contributed by atoms with Crippen molar-refractivity contribution >= 4 is 27.7 Å². The Kier molecular flexibility index (Phi) is 4.00. The van der Waals surface area contributed by atoms with Crippen LogP contribution in [0.3, 0.4) is 0 Å². The van der Waals surface area contributed by atoms with Crippen molar-refractivity contribution in [3.05, 3.63) is 57.2 Å². The molecule has 1 aromatic carbocycles. The molecule has 0 spiro atoms. The van der Waals surface area contributed by atoms with Crippen LogP contribution in [0.2, 0.25) is 0 Å². The lowest BCUT2D eigenvalue weighted by atomic mass is 9.98. The van der Waals surface area contributed by atoms with Gasteiger partial charge < -0.3 is 5.32 Å². The minimum Gasteiger partial charge on any atom is -0.307 e. The number of hydrogen-bond donors (Lipinski definition) is 1. The Balaban J connectivity index is 2.35. The molecule has 0 bridgehead atoms. The third kappa shape index (κ3) is 2.84. The van der Waals surface area contributed by atoms with Crippen molar-refractivity contribution in [3.63, 3.8) is 0 Å². The molecule has 0 radical (unpaired) electrons. The molecule has 98 valence electrons. The number of amides is 1. The van der Waals surface area contributed by atoms with Crippen molar-refractivity contribution in [3.8, 4) is 0 Å². The van der Waals surface area contributed by atoms with Crippen LogP contribution < -0.4 is 5.32 Å². The predicted octanol–water partition coefficient (Wildman–Crippen LogP) is 4.02. The second-order valence-electron chi connectivity index (χ2n) is 4.45. The maximum atomic E-state index is 12.3. The lowest BCUT2D eigenvalue weighted by molar-refractivity contribution is 0.102. The summed E-state index contributed by atoms with van der Waals surface area (Å²) in [5, 5.41) is 2.80. The van der Waals surface area contributed by atoms with Crippen LogP contribution >= 0.6 is 15.9 Å². The van der Waals surface area contributed by atoms with Crippen LogP contribution in [-0.2, 0) is 0 Å². The van der Waals surface area contributed by atoms with Crippen molar-refractivity contribution in [2.75, 3.05) is 5.32 Å². The summed E-state index contributed by atoms with van der Waals surface area (Å²) in [6.07, 6.45) is 1.65. The molecule has 0 saturated carbocycles. The first-order chi connectivity index (χ1) is 9.00. The standard InChI is InChI=1S/C15H15BrN2O/c1-9-10(2)12(8-13(16)11(9)3)15(19)18-14-6-4-5-7-17-14/h4-8H,1-3H3,(H,17,18,19). The predicted molar refractivity (Wildman–Crippen MR) is 80.5 cm³/mol. The van der Waals surface area contributed by atoms with E-state index in [-0.39, 0.29) is 5.91 Å². The van der Waals surface area contributed by atoms with E-state index in [4.69, 9.17) is 0 Å². The molecule has 0 unspecified atom stereocenters. The first-order valence-electron chi connectivity index (χ1n) is 5.99. The summed E-state index contributed by atoms with van der Waals surface area (Å²) in [6, 6.07) is 7.28. The summed E-state index contributed by atoms with van der Waals surface area (Å²) in [7, 11) is 0. The third-order valence-electron chi connectivity index (χ3n) is 3.31. The first-order valence-corrected chi connectivity index (χ1v) is 6.78. The van der Waals surface area contributed by atoms with Crippen LogP contribution in [0.4, 0.5) is 5.82 Å². The topological polar surface area (TPSA) is 42.0 Å². The number of rotatable bonds is 2. The van der Waals surface area contributed by atoms with Crippen molar-refractivity contribution in [2.24, 2.45) is 0 Å². The molecule has 1 amide bonds. The van der Waals surface area contributed by atoms with Crippen molar-refractivity contribution in [1.82, 2.24) is 4.98 Å². The highest BCUT2D eigenvalue weighted by atomic mass is 79.9. The quantitative estimate of drug-likeness (QED) is 0.908. The molecule has 1 aromatic heterocycles. The van der Waals surface area contributed by atoms with E-state index < -0.39 is 0 Å². The van der Waals surface area contributed by atoms with Crippen LogP contribution in [0, 0.1) is 20.8 Å². The summed E-state index contributed by atoms with van der Waals surface area (Å²) in [4.78, 5) is 16.4. The number of carbonyl (C=O) groups excluding carboxylic acids is 1. The van der Waals surface area contributed by atoms with Gasteiger partial charge >= 0.3 is 0 Å². The van der Waals surface area contributed by atoms with Crippen LogP contribution in [0.5, 0.6) is 0 Å². The number of nitrogens with zero attached hydrogens (tertiary/aromatic N) is 1. The molecule has 0 aliphatic carbocycles. The Hall–Kier alpha value is -1.68. The van der Waals surface area contributed by atoms with Crippen molar-refractivity contribution in [1.29, 1.82) is 0 Å². The van der Waals surface area contributed by atoms with Gasteiger partial charge in [-0.2, -0.15) is 0 Å². The van der Waals surface area contributed by atoms with Gasteiger partial charge in [0.05, 0.1) is 0 Å². The zero-order chi connectivity index (χ0) is 14.0. The molecule has 0 aliphatic heterocycles. The maximum Gasteiger partial charge on any atom is 0.257 e. The molecular weight excluding hydrogens is 304 g/mol. The van der Waals surface area contributed by atoms with Gasteiger partial charge in [-0.3, -0.25) is 4.79 Å². The molecule has 19 heavy (non-hydrogen) atoms. The summed E-state index contributed by atoms with van der Waals surface area (Å²) < 4.78 is 0.946. The minimum atomic E-state index is -0.139. The molecule has 2 aromatic rings. The molecule has 0 fully saturated rings. The SMILES string of the molecule is Cc1c(Br)cc(C(=O)Nc2ccccn2)c(C)c1C. The fourth-order valence-corrected chi connectivity index (χ4v) is 2.39. The van der Waals surface area contributed by atoms with Crippen LogP contribution in [0.1, 0.15) is 27.0 Å². The Morgan fingerprint density at radius 1 is 1.16 bits per heavy atom. The summed E-state index contributed by atoms with van der Waals surface area (Å²) >= 11 is 3.49. The molecule has 0 atom stereocenters. The Labute approximate surface area is 121 Å². The van der Waals surface area contributed by atoms with E-state index in [0.29, 0.717) is 11.4 Å². The maximum absolute atomic E-state index is 12.3. The highest BCUT2D eigenvalue weighted by Crippen LogP contribution is 2.26. The number of anilines is 1. The second kappa shape index (κ2) is 5.53. The molecule has 1 N–H and O–H groups in total. The second-order valence-corrected chi connectivity index (χ2v) is 5.30. The number of nitrogens with one attached hydrogen (secondary N) is 1. The van der Waals surface area contributed by atoms with Gasteiger partial charge in [-0.15, -0.1) is 0 Å². The average molecular weight is 319 g/mol. The molecule has 0 saturated heterocycles. The van der Waals surface area contributed by atoms with E-state index >= 15 is 0 Å². The molecule has 4 heteroatoms. The first kappa shape index (κ1) is 13.7. The number of carbonyl (C=O) groups is 1. The van der Waals surface area contributed by atoms with Gasteiger partial charge in [0.15, 0.2) is 0 Å². The molecule has 3 nitrogen and oxygen atoms in total. The smallest absolute Gasteiger partial charge is 0.257 e. The van der Waals surface area contributed by atoms with Gasteiger partial charge in [0.25, 0.3) is 5.91 Å². The Bertz CT molecular complexity index is 624. The zero-order valence-electron chi connectivity index (χ0n) is 11.1. The van der Waals surface area contributed by atoms with Crippen molar-refractivity contribution < 1.29 is 4.79 Å². The van der Waals surface area contributed by atoms with Gasteiger partial charge in [0.2, 0.25) is 0 Å². The van der Waals surface area contributed by atoms with Gasteiger partial charge in [-0.05, 0) is 55.7 Å². The largest absolute Gasteiger partial charge is 0.307 e. The molecule has 0 aliphatic rings. The summed E-state index contributed by atoms with van der Waals surface area (Å²) in [5.74, 6) is 0.418. The summed E-state index contributed by atoms with van der Waals surface area (Å²) in [6.45, 7) is 6.02.